The summed E-state index contributed by atoms with van der Waals surface area (Å²) in [6.45, 7) is 3.16. The summed E-state index contributed by atoms with van der Waals surface area (Å²) in [6, 6.07) is 0.523. The Morgan fingerprint density at radius 3 is 2.73 bits per heavy atom. The molecular weight excluding hydrogens is 138 g/mol. The normalized spacial score (nSPS) is 37.9. The van der Waals surface area contributed by atoms with Crippen molar-refractivity contribution in [1.29, 1.82) is 0 Å². The topological polar surface area (TPSA) is 20.2 Å². The van der Waals surface area contributed by atoms with Gasteiger partial charge in [0.2, 0.25) is 0 Å². The van der Waals surface area contributed by atoms with Gasteiger partial charge in [-0.15, -0.1) is 0 Å². The van der Waals surface area contributed by atoms with Gasteiger partial charge >= 0.3 is 0 Å². The first-order valence-corrected chi connectivity index (χ1v) is 4.75. The highest BCUT2D eigenvalue weighted by molar-refractivity contribution is 4.63. The summed E-state index contributed by atoms with van der Waals surface area (Å²) in [5, 5.41) is 9.82. The first-order valence-electron chi connectivity index (χ1n) is 4.75. The van der Waals surface area contributed by atoms with Crippen molar-refractivity contribution in [3.63, 3.8) is 0 Å². The molecule has 0 radical (unpaired) electrons. The Morgan fingerprint density at radius 1 is 1.55 bits per heavy atom. The number of hydroxylamine groups is 3. The molecule has 0 spiro atoms. The van der Waals surface area contributed by atoms with Crippen LogP contribution < -0.4 is 0 Å². The third-order valence-electron chi connectivity index (χ3n) is 2.83. The average Bonchev–Trinajstić information content (AvgIpc) is 2.25. The summed E-state index contributed by atoms with van der Waals surface area (Å²) < 4.78 is 0.278. The molecule has 1 saturated heterocycles. The Labute approximate surface area is 69.4 Å². The van der Waals surface area contributed by atoms with Gasteiger partial charge < -0.3 is 0 Å². The van der Waals surface area contributed by atoms with E-state index in [0.717, 1.165) is 6.54 Å². The van der Waals surface area contributed by atoms with E-state index in [1.54, 1.807) is 0 Å². The van der Waals surface area contributed by atoms with E-state index in [2.05, 4.69) is 6.92 Å². The van der Waals surface area contributed by atoms with Crippen LogP contribution in [-0.2, 0) is 0 Å². The molecular formula is C9H20NO+. The summed E-state index contributed by atoms with van der Waals surface area (Å²) in [4.78, 5) is 0. The van der Waals surface area contributed by atoms with Gasteiger partial charge in [0.1, 0.15) is 12.6 Å². The molecule has 1 rings (SSSR count). The Hall–Kier alpha value is -0.0800. The lowest BCUT2D eigenvalue weighted by Crippen LogP contribution is -2.44. The van der Waals surface area contributed by atoms with Crippen molar-refractivity contribution in [1.82, 2.24) is 0 Å². The van der Waals surface area contributed by atoms with Crippen LogP contribution in [0.15, 0.2) is 0 Å². The minimum Gasteiger partial charge on any atom is -0.217 e. The Kier molecular flexibility index (Phi) is 2.90. The standard InChI is InChI=1S/C9H20NO/c1-3-4-6-9-7-5-8-10(9,2)11/h9,11H,3-8H2,1-2H3/q+1. The van der Waals surface area contributed by atoms with E-state index >= 15 is 0 Å². The molecule has 1 aliphatic heterocycles. The Balaban J connectivity index is 2.32. The van der Waals surface area contributed by atoms with Crippen LogP contribution in [0.25, 0.3) is 0 Å². The van der Waals surface area contributed by atoms with Crippen molar-refractivity contribution in [3.05, 3.63) is 0 Å². The maximum absolute atomic E-state index is 9.82. The van der Waals surface area contributed by atoms with Crippen molar-refractivity contribution < 1.29 is 9.85 Å². The number of quaternary nitrogens is 1. The quantitative estimate of drug-likeness (QED) is 0.624. The summed E-state index contributed by atoms with van der Waals surface area (Å²) in [5.74, 6) is 0. The highest BCUT2D eigenvalue weighted by Crippen LogP contribution is 2.25. The first-order chi connectivity index (χ1) is 5.17. The second-order valence-corrected chi connectivity index (χ2v) is 3.88. The number of likely N-dealkylation sites (tertiary alicyclic amines) is 1. The molecule has 66 valence electrons. The van der Waals surface area contributed by atoms with Crippen LogP contribution in [0, 0.1) is 0 Å². The van der Waals surface area contributed by atoms with E-state index in [0.29, 0.717) is 6.04 Å². The van der Waals surface area contributed by atoms with Crippen LogP contribution in [0.2, 0.25) is 0 Å². The molecule has 1 fully saturated rings. The molecule has 0 bridgehead atoms. The van der Waals surface area contributed by atoms with Gasteiger partial charge in [0.15, 0.2) is 0 Å². The van der Waals surface area contributed by atoms with Crippen LogP contribution in [0.3, 0.4) is 0 Å². The smallest absolute Gasteiger partial charge is 0.119 e. The lowest BCUT2D eigenvalue weighted by Gasteiger charge is -2.26. The first kappa shape index (κ1) is 9.01. The number of nitrogens with zero attached hydrogens (tertiary/aromatic N) is 1. The molecule has 0 aliphatic carbocycles. The Morgan fingerprint density at radius 2 is 2.27 bits per heavy atom. The van der Waals surface area contributed by atoms with Crippen molar-refractivity contribution in [2.45, 2.75) is 45.1 Å². The maximum atomic E-state index is 9.82. The molecule has 0 aromatic rings. The second kappa shape index (κ2) is 3.55. The van der Waals surface area contributed by atoms with Crippen molar-refractivity contribution in [3.8, 4) is 0 Å². The largest absolute Gasteiger partial charge is 0.217 e. The lowest BCUT2D eigenvalue weighted by atomic mass is 10.1. The summed E-state index contributed by atoms with van der Waals surface area (Å²) >= 11 is 0. The van der Waals surface area contributed by atoms with Gasteiger partial charge in [-0.25, -0.2) is 5.21 Å². The molecule has 2 unspecified atom stereocenters. The van der Waals surface area contributed by atoms with Gasteiger partial charge in [-0.2, -0.15) is 4.65 Å². The van der Waals surface area contributed by atoms with E-state index in [1.807, 2.05) is 7.05 Å². The zero-order valence-corrected chi connectivity index (χ0v) is 7.71. The average molecular weight is 158 g/mol. The van der Waals surface area contributed by atoms with E-state index < -0.39 is 0 Å². The van der Waals surface area contributed by atoms with Crippen molar-refractivity contribution >= 4 is 0 Å². The molecule has 0 amide bonds. The molecule has 11 heavy (non-hydrogen) atoms. The predicted molar refractivity (Wildman–Crippen MR) is 45.4 cm³/mol. The minimum absolute atomic E-state index is 0.278. The molecule has 2 atom stereocenters. The van der Waals surface area contributed by atoms with Gasteiger partial charge in [0.05, 0.1) is 7.05 Å². The highest BCUT2D eigenvalue weighted by Gasteiger charge is 2.36. The van der Waals surface area contributed by atoms with E-state index in [1.165, 1.54) is 32.1 Å². The van der Waals surface area contributed by atoms with Crippen LogP contribution >= 0.6 is 0 Å². The summed E-state index contributed by atoms with van der Waals surface area (Å²) in [6.07, 6.45) is 6.12. The number of hydrogen-bond acceptors (Lipinski definition) is 1. The number of hydrogen-bond donors (Lipinski definition) is 1. The number of unbranched alkanes of at least 4 members (excludes halogenated alkanes) is 1. The summed E-state index contributed by atoms with van der Waals surface area (Å²) in [5.41, 5.74) is 0. The van der Waals surface area contributed by atoms with Crippen LogP contribution in [0.5, 0.6) is 0 Å². The zero-order valence-electron chi connectivity index (χ0n) is 7.71. The molecule has 2 nitrogen and oxygen atoms in total. The zero-order chi connectivity index (χ0) is 8.32. The van der Waals surface area contributed by atoms with Gasteiger partial charge in [0, 0.05) is 19.3 Å². The third kappa shape index (κ3) is 2.17. The molecule has 1 N–H and O–H groups in total. The second-order valence-electron chi connectivity index (χ2n) is 3.88. The molecule has 1 aliphatic rings. The lowest BCUT2D eigenvalue weighted by molar-refractivity contribution is -1.10. The molecule has 0 aromatic carbocycles. The molecule has 0 aromatic heterocycles. The van der Waals surface area contributed by atoms with Gasteiger partial charge in [-0.05, 0) is 6.42 Å². The van der Waals surface area contributed by atoms with Crippen LogP contribution in [0.1, 0.15) is 39.0 Å². The minimum atomic E-state index is 0.278. The fourth-order valence-corrected chi connectivity index (χ4v) is 1.97. The monoisotopic (exact) mass is 158 g/mol. The van der Waals surface area contributed by atoms with Gasteiger partial charge in [-0.3, -0.25) is 0 Å². The SMILES string of the molecule is CCCCC1CCC[N+]1(C)O. The summed E-state index contributed by atoms with van der Waals surface area (Å²) in [7, 11) is 1.94. The van der Waals surface area contributed by atoms with Crippen molar-refractivity contribution in [2.75, 3.05) is 13.6 Å². The van der Waals surface area contributed by atoms with E-state index in [9.17, 15) is 5.21 Å². The Bertz CT molecular complexity index is 123. The molecule has 1 heterocycles. The van der Waals surface area contributed by atoms with E-state index in [4.69, 9.17) is 0 Å². The fourth-order valence-electron chi connectivity index (χ4n) is 1.97. The predicted octanol–water partition coefficient (Wildman–Crippen LogP) is 2.17. The van der Waals surface area contributed by atoms with Gasteiger partial charge in [-0.1, -0.05) is 13.3 Å². The van der Waals surface area contributed by atoms with E-state index in [-0.39, 0.29) is 4.65 Å². The number of rotatable bonds is 3. The fraction of sp³-hybridized carbons (Fsp3) is 1.00. The third-order valence-corrected chi connectivity index (χ3v) is 2.83. The van der Waals surface area contributed by atoms with Crippen LogP contribution in [-0.4, -0.2) is 29.5 Å². The molecule has 2 heteroatoms. The highest BCUT2D eigenvalue weighted by atomic mass is 16.5. The van der Waals surface area contributed by atoms with Crippen LogP contribution in [0.4, 0.5) is 0 Å². The van der Waals surface area contributed by atoms with Gasteiger partial charge in [0.25, 0.3) is 0 Å². The van der Waals surface area contributed by atoms with Crippen molar-refractivity contribution in [2.24, 2.45) is 0 Å². The molecule has 0 saturated carbocycles. The maximum Gasteiger partial charge on any atom is 0.119 e.